The number of sulfonamides is 1. The van der Waals surface area contributed by atoms with Crippen LogP contribution in [0.5, 0.6) is 11.5 Å². The molecule has 9 nitrogen and oxygen atoms in total. The highest BCUT2D eigenvalue weighted by atomic mass is 35.5. The third-order valence-corrected chi connectivity index (χ3v) is 10.8. The Labute approximate surface area is 293 Å². The number of amides is 2. The number of nitrogens with zero attached hydrogens (tertiary/aromatic N) is 2. The molecule has 0 unspecified atom stereocenters. The summed E-state index contributed by atoms with van der Waals surface area (Å²) in [5.74, 6) is 0.249. The zero-order valence-electron chi connectivity index (χ0n) is 27.8. The Morgan fingerprint density at radius 3 is 2.16 bits per heavy atom. The van der Waals surface area contributed by atoms with E-state index < -0.39 is 28.5 Å². The zero-order valence-corrected chi connectivity index (χ0v) is 29.3. The van der Waals surface area contributed by atoms with Crippen molar-refractivity contribution in [3.63, 3.8) is 0 Å². The molecule has 1 atom stereocenters. The first-order chi connectivity index (χ1) is 23.7. The number of nitrogens with one attached hydrogen (secondary N) is 1. The number of carbonyl (C=O) groups is 2. The summed E-state index contributed by atoms with van der Waals surface area (Å²) in [6, 6.07) is 28.2. The van der Waals surface area contributed by atoms with Crippen LogP contribution in [0.2, 0.25) is 5.02 Å². The second kappa shape index (κ2) is 16.7. The number of rotatable bonds is 14. The van der Waals surface area contributed by atoms with E-state index in [2.05, 4.69) is 5.32 Å². The van der Waals surface area contributed by atoms with Crippen LogP contribution in [-0.4, -0.2) is 58.0 Å². The molecule has 4 aromatic rings. The summed E-state index contributed by atoms with van der Waals surface area (Å²) in [5.41, 5.74) is 1.81. The Kier molecular flexibility index (Phi) is 12.2. The van der Waals surface area contributed by atoms with Gasteiger partial charge >= 0.3 is 0 Å². The summed E-state index contributed by atoms with van der Waals surface area (Å²) in [7, 11) is -1.23. The van der Waals surface area contributed by atoms with Gasteiger partial charge in [-0.25, -0.2) is 8.42 Å². The predicted octanol–water partition coefficient (Wildman–Crippen LogP) is 6.64. The van der Waals surface area contributed by atoms with Gasteiger partial charge in [-0.3, -0.25) is 13.9 Å². The number of halogens is 1. The number of benzene rings is 4. The highest BCUT2D eigenvalue weighted by molar-refractivity contribution is 7.92. The number of anilines is 1. The molecular weight excluding hydrogens is 662 g/mol. The van der Waals surface area contributed by atoms with Gasteiger partial charge in [-0.1, -0.05) is 79.4 Å². The molecule has 1 N–H and O–H groups in total. The summed E-state index contributed by atoms with van der Waals surface area (Å²) in [6.07, 6.45) is 5.16. The average Bonchev–Trinajstić information content (AvgIpc) is 3.12. The Balaban J connectivity index is 1.57. The van der Waals surface area contributed by atoms with E-state index in [9.17, 15) is 18.0 Å². The van der Waals surface area contributed by atoms with Crippen molar-refractivity contribution in [3.8, 4) is 11.5 Å². The van der Waals surface area contributed by atoms with Crippen molar-refractivity contribution in [2.45, 2.75) is 62.0 Å². The summed E-state index contributed by atoms with van der Waals surface area (Å²) < 4.78 is 40.3. The van der Waals surface area contributed by atoms with E-state index >= 15 is 0 Å². The predicted molar refractivity (Wildman–Crippen MR) is 191 cm³/mol. The van der Waals surface area contributed by atoms with Crippen LogP contribution in [0, 0.1) is 0 Å². The van der Waals surface area contributed by atoms with Crippen molar-refractivity contribution >= 4 is 39.1 Å². The number of hydrogen-bond acceptors (Lipinski definition) is 6. The van der Waals surface area contributed by atoms with Gasteiger partial charge in [0.15, 0.2) is 0 Å². The maximum Gasteiger partial charge on any atom is 0.264 e. The molecule has 0 aromatic heterocycles. The Morgan fingerprint density at radius 1 is 0.816 bits per heavy atom. The summed E-state index contributed by atoms with van der Waals surface area (Å²) in [4.78, 5) is 30.5. The van der Waals surface area contributed by atoms with Crippen LogP contribution in [0.1, 0.15) is 43.2 Å². The highest BCUT2D eigenvalue weighted by Gasteiger charge is 2.35. The lowest BCUT2D eigenvalue weighted by molar-refractivity contribution is -0.140. The van der Waals surface area contributed by atoms with E-state index in [1.54, 1.807) is 43.5 Å². The van der Waals surface area contributed by atoms with Gasteiger partial charge in [-0.2, -0.15) is 0 Å². The second-order valence-electron chi connectivity index (χ2n) is 12.1. The Bertz CT molecular complexity index is 1810. The molecule has 0 saturated heterocycles. The third kappa shape index (κ3) is 9.33. The minimum atomic E-state index is -4.28. The number of ether oxygens (including phenoxy) is 2. The van der Waals surface area contributed by atoms with Gasteiger partial charge in [0.25, 0.3) is 10.0 Å². The van der Waals surface area contributed by atoms with E-state index in [4.69, 9.17) is 21.1 Å². The summed E-state index contributed by atoms with van der Waals surface area (Å²) >= 11 is 6.34. The highest BCUT2D eigenvalue weighted by Crippen LogP contribution is 2.29. The van der Waals surface area contributed by atoms with E-state index in [0.717, 1.165) is 47.5 Å². The molecule has 0 heterocycles. The van der Waals surface area contributed by atoms with Crippen LogP contribution >= 0.6 is 11.6 Å². The molecule has 0 bridgehead atoms. The molecule has 1 aliphatic rings. The summed E-state index contributed by atoms with van der Waals surface area (Å²) in [6.45, 7) is -0.543. The maximum absolute atomic E-state index is 14.7. The van der Waals surface area contributed by atoms with Crippen LogP contribution in [0.3, 0.4) is 0 Å². The Hall–Kier alpha value is -4.54. The monoisotopic (exact) mass is 703 g/mol. The fourth-order valence-corrected chi connectivity index (χ4v) is 7.69. The molecule has 5 rings (SSSR count). The second-order valence-corrected chi connectivity index (χ2v) is 14.4. The minimum absolute atomic E-state index is 0.00621. The van der Waals surface area contributed by atoms with Crippen LogP contribution in [-0.2, 0) is 32.6 Å². The standard InChI is InChI=1S/C38H42ClN3O6S/c1-47-33-19-21-35(22-20-33)49(45,46)42(32-17-10-14-30(39)25-32)27-37(43)41(26-29-13-9-18-34(23-29)48-2)36(24-28-11-5-3-6-12-28)38(44)40-31-15-7-4-8-16-31/h3,5-6,9-14,17-23,25,31,36H,4,7-8,15-16,24,26-27H2,1-2H3,(H,40,44)/t36-/m0/s1. The number of methoxy groups -OCH3 is 2. The molecule has 0 aliphatic heterocycles. The molecule has 1 aliphatic carbocycles. The van der Waals surface area contributed by atoms with Gasteiger partial charge in [-0.15, -0.1) is 0 Å². The number of carbonyl (C=O) groups excluding carboxylic acids is 2. The van der Waals surface area contributed by atoms with Crippen molar-refractivity contribution in [2.24, 2.45) is 0 Å². The maximum atomic E-state index is 14.7. The van der Waals surface area contributed by atoms with Crippen LogP contribution in [0.25, 0.3) is 0 Å². The fourth-order valence-electron chi connectivity index (χ4n) is 6.10. The van der Waals surface area contributed by atoms with Gasteiger partial charge < -0.3 is 19.7 Å². The van der Waals surface area contributed by atoms with Crippen molar-refractivity contribution in [2.75, 3.05) is 25.1 Å². The van der Waals surface area contributed by atoms with Crippen molar-refractivity contribution in [1.82, 2.24) is 10.2 Å². The van der Waals surface area contributed by atoms with E-state index in [1.807, 2.05) is 48.5 Å². The molecule has 258 valence electrons. The fraction of sp³-hybridized carbons (Fsp3) is 0.316. The summed E-state index contributed by atoms with van der Waals surface area (Å²) in [5, 5.41) is 3.53. The Morgan fingerprint density at radius 2 is 1.49 bits per heavy atom. The van der Waals surface area contributed by atoms with E-state index in [0.29, 0.717) is 16.5 Å². The van der Waals surface area contributed by atoms with Gasteiger partial charge in [0.05, 0.1) is 24.8 Å². The third-order valence-electron chi connectivity index (χ3n) is 8.73. The topological polar surface area (TPSA) is 105 Å². The van der Waals surface area contributed by atoms with Crippen molar-refractivity contribution in [1.29, 1.82) is 0 Å². The van der Waals surface area contributed by atoms with Crippen LogP contribution in [0.4, 0.5) is 5.69 Å². The first kappa shape index (κ1) is 35.8. The molecule has 1 saturated carbocycles. The molecule has 0 radical (unpaired) electrons. The average molecular weight is 704 g/mol. The molecule has 2 amide bonds. The lowest BCUT2D eigenvalue weighted by Crippen LogP contribution is -2.55. The van der Waals surface area contributed by atoms with Crippen LogP contribution in [0.15, 0.2) is 108 Å². The lowest BCUT2D eigenvalue weighted by atomic mass is 9.94. The SMILES string of the molecule is COc1ccc(S(=O)(=O)N(CC(=O)N(Cc2cccc(OC)c2)[C@@H](Cc2ccccc2)C(=O)NC2CCCCC2)c2cccc(Cl)c2)cc1. The van der Waals surface area contributed by atoms with E-state index in [-0.39, 0.29) is 35.5 Å². The van der Waals surface area contributed by atoms with Crippen LogP contribution < -0.4 is 19.1 Å². The molecule has 11 heteroatoms. The van der Waals surface area contributed by atoms with Crippen molar-refractivity contribution < 1.29 is 27.5 Å². The smallest absolute Gasteiger partial charge is 0.264 e. The lowest BCUT2D eigenvalue weighted by Gasteiger charge is -2.35. The van der Waals surface area contributed by atoms with E-state index in [1.165, 1.54) is 30.2 Å². The number of hydrogen-bond donors (Lipinski definition) is 1. The molecular formula is C38H42ClN3O6S. The van der Waals surface area contributed by atoms with Gasteiger partial charge in [0, 0.05) is 24.0 Å². The quantitative estimate of drug-likeness (QED) is 0.158. The molecule has 4 aromatic carbocycles. The zero-order chi connectivity index (χ0) is 34.8. The van der Waals surface area contributed by atoms with Gasteiger partial charge in [0.2, 0.25) is 11.8 Å². The van der Waals surface area contributed by atoms with Crippen molar-refractivity contribution in [3.05, 3.63) is 119 Å². The normalized spacial score (nSPS) is 14.0. The first-order valence-electron chi connectivity index (χ1n) is 16.4. The molecule has 49 heavy (non-hydrogen) atoms. The first-order valence-corrected chi connectivity index (χ1v) is 18.2. The molecule has 0 spiro atoms. The largest absolute Gasteiger partial charge is 0.497 e. The van der Waals surface area contributed by atoms with Gasteiger partial charge in [-0.05, 0) is 78.6 Å². The van der Waals surface area contributed by atoms with Gasteiger partial charge in [0.1, 0.15) is 24.1 Å². The molecule has 1 fully saturated rings. The minimum Gasteiger partial charge on any atom is -0.497 e.